The lowest BCUT2D eigenvalue weighted by Gasteiger charge is -2.06. The summed E-state index contributed by atoms with van der Waals surface area (Å²) >= 11 is 11.9. The Balaban J connectivity index is 2.60. The first-order valence-electron chi connectivity index (χ1n) is 4.44. The number of hydrogen-bond acceptors (Lipinski definition) is 4. The molecule has 1 heterocycles. The number of benzene rings is 1. The standard InChI is InChI=1S/C9H6Cl2N4O2/c10-6-3-5(15(16)17)4-7(11)9(6)14-2-1-8(12)13-14/h1-4H,(H2,12,13). The number of nitrogens with two attached hydrogens (primary N) is 1. The van der Waals surface area contributed by atoms with Crippen molar-refractivity contribution < 1.29 is 4.92 Å². The van der Waals surface area contributed by atoms with Gasteiger partial charge in [0.15, 0.2) is 0 Å². The van der Waals surface area contributed by atoms with Gasteiger partial charge in [-0.1, -0.05) is 23.2 Å². The Morgan fingerprint density at radius 1 is 1.35 bits per heavy atom. The highest BCUT2D eigenvalue weighted by molar-refractivity contribution is 6.38. The third-order valence-corrected chi connectivity index (χ3v) is 2.63. The quantitative estimate of drug-likeness (QED) is 0.673. The molecule has 1 aromatic carbocycles. The number of nitrogens with zero attached hydrogens (tertiary/aromatic N) is 3. The van der Waals surface area contributed by atoms with E-state index in [2.05, 4.69) is 5.10 Å². The highest BCUT2D eigenvalue weighted by Gasteiger charge is 2.16. The summed E-state index contributed by atoms with van der Waals surface area (Å²) < 4.78 is 1.36. The molecule has 88 valence electrons. The van der Waals surface area contributed by atoms with Crippen molar-refractivity contribution in [3.63, 3.8) is 0 Å². The van der Waals surface area contributed by atoms with E-state index in [0.717, 1.165) is 0 Å². The molecule has 0 amide bonds. The highest BCUT2D eigenvalue weighted by Crippen LogP contribution is 2.32. The maximum Gasteiger partial charge on any atom is 0.272 e. The molecule has 0 radical (unpaired) electrons. The topological polar surface area (TPSA) is 87.0 Å². The van der Waals surface area contributed by atoms with Crippen LogP contribution in [0.2, 0.25) is 10.0 Å². The molecule has 17 heavy (non-hydrogen) atoms. The summed E-state index contributed by atoms with van der Waals surface area (Å²) in [5.74, 6) is 0.301. The Morgan fingerprint density at radius 2 is 1.94 bits per heavy atom. The predicted octanol–water partition coefficient (Wildman–Crippen LogP) is 2.67. The van der Waals surface area contributed by atoms with Crippen molar-refractivity contribution in [3.05, 3.63) is 44.6 Å². The van der Waals surface area contributed by atoms with Gasteiger partial charge >= 0.3 is 0 Å². The van der Waals surface area contributed by atoms with Gasteiger partial charge in [0.2, 0.25) is 0 Å². The van der Waals surface area contributed by atoms with Crippen molar-refractivity contribution in [2.24, 2.45) is 0 Å². The number of anilines is 1. The summed E-state index contributed by atoms with van der Waals surface area (Å²) in [5, 5.41) is 14.8. The Labute approximate surface area is 106 Å². The minimum absolute atomic E-state index is 0.132. The molecule has 6 nitrogen and oxygen atoms in total. The molecule has 2 rings (SSSR count). The van der Waals surface area contributed by atoms with Crippen molar-refractivity contribution in [1.82, 2.24) is 9.78 Å². The van der Waals surface area contributed by atoms with E-state index in [0.29, 0.717) is 11.5 Å². The number of nitro groups is 1. The number of halogens is 2. The molecule has 8 heteroatoms. The van der Waals surface area contributed by atoms with Crippen LogP contribution >= 0.6 is 23.2 Å². The number of hydrogen-bond donors (Lipinski definition) is 1. The van der Waals surface area contributed by atoms with Gasteiger partial charge in [-0.3, -0.25) is 10.1 Å². The smallest absolute Gasteiger partial charge is 0.272 e. The van der Waals surface area contributed by atoms with Crippen LogP contribution in [0.15, 0.2) is 24.4 Å². The van der Waals surface area contributed by atoms with Crippen LogP contribution in [0.1, 0.15) is 0 Å². The van der Waals surface area contributed by atoms with E-state index in [4.69, 9.17) is 28.9 Å². The van der Waals surface area contributed by atoms with Crippen LogP contribution in [0.25, 0.3) is 5.69 Å². The molecule has 0 spiro atoms. The molecule has 2 aromatic rings. The van der Waals surface area contributed by atoms with Gasteiger partial charge in [0.05, 0.1) is 15.0 Å². The molecule has 0 bridgehead atoms. The van der Waals surface area contributed by atoms with E-state index in [1.54, 1.807) is 12.3 Å². The van der Waals surface area contributed by atoms with Gasteiger partial charge in [-0.25, -0.2) is 4.68 Å². The maximum absolute atomic E-state index is 10.6. The van der Waals surface area contributed by atoms with Crippen LogP contribution in [-0.2, 0) is 0 Å². The van der Waals surface area contributed by atoms with Crippen molar-refractivity contribution in [1.29, 1.82) is 0 Å². The molecular weight excluding hydrogens is 267 g/mol. The Kier molecular flexibility index (Phi) is 2.91. The molecule has 0 aliphatic heterocycles. The summed E-state index contributed by atoms with van der Waals surface area (Å²) in [6, 6.07) is 3.98. The SMILES string of the molecule is Nc1ccn(-c2c(Cl)cc([N+](=O)[O-])cc2Cl)n1. The second kappa shape index (κ2) is 4.23. The molecular formula is C9H6Cl2N4O2. The zero-order valence-corrected chi connectivity index (χ0v) is 9.81. The van der Waals surface area contributed by atoms with E-state index in [-0.39, 0.29) is 15.7 Å². The molecule has 0 aliphatic carbocycles. The molecule has 0 saturated carbocycles. The fourth-order valence-electron chi connectivity index (χ4n) is 1.34. The number of nitro benzene ring substituents is 1. The predicted molar refractivity (Wildman–Crippen MR) is 64.7 cm³/mol. The third kappa shape index (κ3) is 2.17. The first kappa shape index (κ1) is 11.7. The normalized spacial score (nSPS) is 10.5. The van der Waals surface area contributed by atoms with Crippen molar-refractivity contribution in [2.45, 2.75) is 0 Å². The van der Waals surface area contributed by atoms with E-state index in [9.17, 15) is 10.1 Å². The zero-order chi connectivity index (χ0) is 12.6. The summed E-state index contributed by atoms with van der Waals surface area (Å²) in [4.78, 5) is 10.0. The van der Waals surface area contributed by atoms with Gasteiger partial charge in [0.25, 0.3) is 5.69 Å². The molecule has 0 unspecified atom stereocenters. The van der Waals surface area contributed by atoms with Crippen LogP contribution in [0.3, 0.4) is 0 Å². The Hall–Kier alpha value is -1.79. The van der Waals surface area contributed by atoms with Gasteiger partial charge in [-0.15, -0.1) is 0 Å². The van der Waals surface area contributed by atoms with Gasteiger partial charge in [0, 0.05) is 24.4 Å². The average molecular weight is 273 g/mol. The van der Waals surface area contributed by atoms with Gasteiger partial charge in [-0.2, -0.15) is 5.10 Å². The molecule has 1 aromatic heterocycles. The number of nitrogen functional groups attached to an aromatic ring is 1. The van der Waals surface area contributed by atoms with Crippen LogP contribution in [0.4, 0.5) is 11.5 Å². The molecule has 0 atom stereocenters. The van der Waals surface area contributed by atoms with Gasteiger partial charge < -0.3 is 5.73 Å². The lowest BCUT2D eigenvalue weighted by molar-refractivity contribution is -0.384. The first-order valence-corrected chi connectivity index (χ1v) is 5.19. The zero-order valence-electron chi connectivity index (χ0n) is 8.30. The fourth-order valence-corrected chi connectivity index (χ4v) is 1.99. The molecule has 0 aliphatic rings. The lowest BCUT2D eigenvalue weighted by Crippen LogP contribution is -1.99. The Morgan fingerprint density at radius 3 is 2.35 bits per heavy atom. The molecule has 0 saturated heterocycles. The van der Waals surface area contributed by atoms with Gasteiger partial charge in [-0.05, 0) is 0 Å². The van der Waals surface area contributed by atoms with Crippen molar-refractivity contribution in [2.75, 3.05) is 5.73 Å². The summed E-state index contributed by atoms with van der Waals surface area (Å²) in [6.07, 6.45) is 1.56. The largest absolute Gasteiger partial charge is 0.382 e. The lowest BCUT2D eigenvalue weighted by atomic mass is 10.3. The summed E-state index contributed by atoms with van der Waals surface area (Å²) in [5.41, 5.74) is 5.65. The molecule has 0 fully saturated rings. The third-order valence-electron chi connectivity index (χ3n) is 2.05. The maximum atomic E-state index is 10.6. The van der Waals surface area contributed by atoms with Crippen LogP contribution in [0, 0.1) is 10.1 Å². The number of non-ortho nitro benzene ring substituents is 1. The highest BCUT2D eigenvalue weighted by atomic mass is 35.5. The van der Waals surface area contributed by atoms with E-state index < -0.39 is 4.92 Å². The second-order valence-corrected chi connectivity index (χ2v) is 4.01. The van der Waals surface area contributed by atoms with Crippen molar-refractivity contribution >= 4 is 34.7 Å². The number of aromatic nitrogens is 2. The summed E-state index contributed by atoms with van der Waals surface area (Å²) in [7, 11) is 0. The summed E-state index contributed by atoms with van der Waals surface area (Å²) in [6.45, 7) is 0. The van der Waals surface area contributed by atoms with Crippen LogP contribution < -0.4 is 5.73 Å². The van der Waals surface area contributed by atoms with Gasteiger partial charge in [0.1, 0.15) is 11.5 Å². The fraction of sp³-hybridized carbons (Fsp3) is 0. The molecule has 2 N–H and O–H groups in total. The van der Waals surface area contributed by atoms with E-state index >= 15 is 0 Å². The monoisotopic (exact) mass is 272 g/mol. The van der Waals surface area contributed by atoms with Crippen molar-refractivity contribution in [3.8, 4) is 5.69 Å². The minimum atomic E-state index is -0.570. The number of rotatable bonds is 2. The van der Waals surface area contributed by atoms with Crippen LogP contribution in [-0.4, -0.2) is 14.7 Å². The first-order chi connectivity index (χ1) is 7.99. The minimum Gasteiger partial charge on any atom is -0.382 e. The van der Waals surface area contributed by atoms with Crippen LogP contribution in [0.5, 0.6) is 0 Å². The average Bonchev–Trinajstić information content (AvgIpc) is 2.63. The second-order valence-electron chi connectivity index (χ2n) is 3.20. The van der Waals surface area contributed by atoms with E-state index in [1.165, 1.54) is 16.8 Å². The Bertz CT molecular complexity index is 573. The van der Waals surface area contributed by atoms with E-state index in [1.807, 2.05) is 0 Å².